The molecule has 0 aliphatic heterocycles. The number of halogens is 3. The SMILES string of the molecule is COC(=O)CN(C)[C@H](c1ccccc1)C(F)(F)F. The number of ether oxygens (including phenoxy) is 1. The summed E-state index contributed by atoms with van der Waals surface area (Å²) in [5.41, 5.74) is 0.0939. The molecule has 0 unspecified atom stereocenters. The molecule has 6 heteroatoms. The van der Waals surface area contributed by atoms with E-state index >= 15 is 0 Å². The van der Waals surface area contributed by atoms with E-state index < -0.39 is 24.7 Å². The predicted octanol–water partition coefficient (Wildman–Crippen LogP) is 2.39. The van der Waals surface area contributed by atoms with Crippen molar-refractivity contribution in [2.45, 2.75) is 12.2 Å². The minimum Gasteiger partial charge on any atom is -0.468 e. The molecule has 1 atom stereocenters. The number of hydrogen-bond acceptors (Lipinski definition) is 3. The number of methoxy groups -OCH3 is 1. The number of nitrogens with zero attached hydrogens (tertiary/aromatic N) is 1. The summed E-state index contributed by atoms with van der Waals surface area (Å²) in [6.07, 6.45) is -4.45. The molecule has 1 aromatic rings. The minimum absolute atomic E-state index is 0.0939. The largest absolute Gasteiger partial charge is 0.468 e. The summed E-state index contributed by atoms with van der Waals surface area (Å²) in [5.74, 6) is -0.706. The second kappa shape index (κ2) is 5.86. The van der Waals surface area contributed by atoms with Gasteiger partial charge < -0.3 is 4.74 Å². The van der Waals surface area contributed by atoms with Gasteiger partial charge in [0.25, 0.3) is 0 Å². The molecular weight excluding hydrogens is 247 g/mol. The lowest BCUT2D eigenvalue weighted by Crippen LogP contribution is -2.39. The summed E-state index contributed by atoms with van der Waals surface area (Å²) < 4.78 is 43.4. The van der Waals surface area contributed by atoms with Crippen molar-refractivity contribution in [1.29, 1.82) is 0 Å². The van der Waals surface area contributed by atoms with Gasteiger partial charge >= 0.3 is 12.1 Å². The van der Waals surface area contributed by atoms with E-state index in [9.17, 15) is 18.0 Å². The normalized spacial score (nSPS) is 13.4. The van der Waals surface area contributed by atoms with Gasteiger partial charge in [0.05, 0.1) is 13.7 Å². The van der Waals surface area contributed by atoms with Crippen LogP contribution in [0.5, 0.6) is 0 Å². The average Bonchev–Trinajstić information content (AvgIpc) is 2.28. The van der Waals surface area contributed by atoms with Gasteiger partial charge in [0.2, 0.25) is 0 Å². The van der Waals surface area contributed by atoms with E-state index in [1.54, 1.807) is 6.07 Å². The van der Waals surface area contributed by atoms with Crippen LogP contribution in [0, 0.1) is 0 Å². The topological polar surface area (TPSA) is 29.5 Å². The Hall–Kier alpha value is -1.56. The van der Waals surface area contributed by atoms with Crippen molar-refractivity contribution < 1.29 is 22.7 Å². The van der Waals surface area contributed by atoms with E-state index in [-0.39, 0.29) is 5.56 Å². The molecule has 0 spiro atoms. The molecule has 0 amide bonds. The van der Waals surface area contributed by atoms with Crippen molar-refractivity contribution in [3.8, 4) is 0 Å². The fourth-order valence-electron chi connectivity index (χ4n) is 1.69. The van der Waals surface area contributed by atoms with Crippen LogP contribution in [0.15, 0.2) is 30.3 Å². The van der Waals surface area contributed by atoms with Crippen molar-refractivity contribution in [2.24, 2.45) is 0 Å². The zero-order chi connectivity index (χ0) is 13.8. The van der Waals surface area contributed by atoms with Crippen molar-refractivity contribution in [3.05, 3.63) is 35.9 Å². The maximum absolute atomic E-state index is 13.0. The van der Waals surface area contributed by atoms with Crippen LogP contribution in [-0.4, -0.2) is 37.7 Å². The molecular formula is C12H14F3NO2. The molecule has 0 aliphatic carbocycles. The fourth-order valence-corrected chi connectivity index (χ4v) is 1.69. The lowest BCUT2D eigenvalue weighted by atomic mass is 10.1. The number of benzene rings is 1. The van der Waals surface area contributed by atoms with Gasteiger partial charge in [-0.2, -0.15) is 13.2 Å². The number of hydrogen-bond donors (Lipinski definition) is 0. The summed E-state index contributed by atoms with van der Waals surface area (Å²) in [7, 11) is 2.38. The molecule has 0 bridgehead atoms. The van der Waals surface area contributed by atoms with Crippen LogP contribution in [0.1, 0.15) is 11.6 Å². The van der Waals surface area contributed by atoms with Gasteiger partial charge in [0.1, 0.15) is 6.04 Å². The molecule has 0 N–H and O–H groups in total. The van der Waals surface area contributed by atoms with Crippen LogP contribution >= 0.6 is 0 Å². The van der Waals surface area contributed by atoms with Gasteiger partial charge in [-0.1, -0.05) is 30.3 Å². The Morgan fingerprint density at radius 3 is 2.33 bits per heavy atom. The Morgan fingerprint density at radius 1 is 1.33 bits per heavy atom. The maximum Gasteiger partial charge on any atom is 0.408 e. The van der Waals surface area contributed by atoms with E-state index in [0.29, 0.717) is 0 Å². The van der Waals surface area contributed by atoms with Crippen LogP contribution in [0.3, 0.4) is 0 Å². The van der Waals surface area contributed by atoms with Gasteiger partial charge in [0.15, 0.2) is 0 Å². The number of rotatable bonds is 4. The Morgan fingerprint density at radius 2 is 1.89 bits per heavy atom. The van der Waals surface area contributed by atoms with Crippen molar-refractivity contribution in [3.63, 3.8) is 0 Å². The summed E-state index contributed by atoms with van der Waals surface area (Å²) in [6, 6.07) is 5.63. The molecule has 3 nitrogen and oxygen atoms in total. The van der Waals surface area contributed by atoms with E-state index in [1.165, 1.54) is 31.3 Å². The molecule has 0 saturated carbocycles. The van der Waals surface area contributed by atoms with Gasteiger partial charge in [-0.25, -0.2) is 0 Å². The molecule has 1 aromatic carbocycles. The van der Waals surface area contributed by atoms with E-state index in [2.05, 4.69) is 4.74 Å². The first-order valence-electron chi connectivity index (χ1n) is 5.25. The first-order valence-corrected chi connectivity index (χ1v) is 5.25. The highest BCUT2D eigenvalue weighted by Crippen LogP contribution is 2.36. The first kappa shape index (κ1) is 14.5. The molecule has 0 aliphatic rings. The van der Waals surface area contributed by atoms with Crippen LogP contribution in [0.2, 0.25) is 0 Å². The molecule has 0 heterocycles. The first-order chi connectivity index (χ1) is 8.36. The quantitative estimate of drug-likeness (QED) is 0.779. The van der Waals surface area contributed by atoms with Crippen LogP contribution in [0.25, 0.3) is 0 Å². The summed E-state index contributed by atoms with van der Waals surface area (Å²) in [4.78, 5) is 12.0. The standard InChI is InChI=1S/C12H14F3NO2/c1-16(8-10(17)18-2)11(12(13,14)15)9-6-4-3-5-7-9/h3-7,11H,8H2,1-2H3/t11-/m1/s1. The smallest absolute Gasteiger partial charge is 0.408 e. The molecule has 0 aromatic heterocycles. The third-order valence-electron chi connectivity index (χ3n) is 2.47. The number of esters is 1. The second-order valence-electron chi connectivity index (χ2n) is 3.85. The molecule has 0 fully saturated rings. The Labute approximate surface area is 103 Å². The van der Waals surface area contributed by atoms with Gasteiger partial charge in [-0.3, -0.25) is 9.69 Å². The zero-order valence-corrected chi connectivity index (χ0v) is 10.1. The fraction of sp³-hybridized carbons (Fsp3) is 0.417. The van der Waals surface area contributed by atoms with Crippen molar-refractivity contribution in [2.75, 3.05) is 20.7 Å². The van der Waals surface area contributed by atoms with Gasteiger partial charge in [0, 0.05) is 0 Å². The number of likely N-dealkylation sites (N-methyl/N-ethyl adjacent to an activating group) is 1. The molecule has 18 heavy (non-hydrogen) atoms. The molecule has 1 rings (SSSR count). The lowest BCUT2D eigenvalue weighted by molar-refractivity contribution is -0.185. The number of carbonyl (C=O) groups excluding carboxylic acids is 1. The third-order valence-corrected chi connectivity index (χ3v) is 2.47. The van der Waals surface area contributed by atoms with Crippen LogP contribution in [0.4, 0.5) is 13.2 Å². The summed E-state index contributed by atoms with van der Waals surface area (Å²) in [6.45, 7) is -0.421. The second-order valence-corrected chi connectivity index (χ2v) is 3.85. The Bertz CT molecular complexity index is 392. The average molecular weight is 261 g/mol. The van der Waals surface area contributed by atoms with Crippen molar-refractivity contribution >= 4 is 5.97 Å². The van der Waals surface area contributed by atoms with Crippen LogP contribution < -0.4 is 0 Å². The van der Waals surface area contributed by atoms with Crippen molar-refractivity contribution in [1.82, 2.24) is 4.90 Å². The lowest BCUT2D eigenvalue weighted by Gasteiger charge is -2.29. The van der Waals surface area contributed by atoms with Gasteiger partial charge in [-0.05, 0) is 12.6 Å². The highest BCUT2D eigenvalue weighted by molar-refractivity contribution is 5.71. The Balaban J connectivity index is 2.97. The molecule has 0 saturated heterocycles. The highest BCUT2D eigenvalue weighted by atomic mass is 19.4. The van der Waals surface area contributed by atoms with Gasteiger partial charge in [-0.15, -0.1) is 0 Å². The van der Waals surface area contributed by atoms with E-state index in [1.807, 2.05) is 0 Å². The maximum atomic E-state index is 13.0. The van der Waals surface area contributed by atoms with Crippen LogP contribution in [-0.2, 0) is 9.53 Å². The number of alkyl halides is 3. The molecule has 0 radical (unpaired) electrons. The third kappa shape index (κ3) is 3.73. The summed E-state index contributed by atoms with van der Waals surface area (Å²) in [5, 5.41) is 0. The predicted molar refractivity (Wildman–Crippen MR) is 59.9 cm³/mol. The Kier molecular flexibility index (Phi) is 4.72. The summed E-state index contributed by atoms with van der Waals surface area (Å²) >= 11 is 0. The monoisotopic (exact) mass is 261 g/mol. The zero-order valence-electron chi connectivity index (χ0n) is 10.1. The number of carbonyl (C=O) groups is 1. The van der Waals surface area contributed by atoms with E-state index in [0.717, 1.165) is 12.0 Å². The minimum atomic E-state index is -4.45. The molecule has 100 valence electrons. The van der Waals surface area contributed by atoms with E-state index in [4.69, 9.17) is 0 Å². The highest BCUT2D eigenvalue weighted by Gasteiger charge is 2.43.